The standard InChI is InChI=1S/C11H9FO2/c12-11-5-4-9(3-1-2-6-13)10(7-11)8-14/h1,3-8H,2H2. The quantitative estimate of drug-likeness (QED) is 0.685. The molecule has 1 aromatic rings. The Kier molecular flexibility index (Phi) is 3.73. The molecule has 0 aliphatic carbocycles. The molecule has 1 aromatic carbocycles. The molecular weight excluding hydrogens is 183 g/mol. The monoisotopic (exact) mass is 192 g/mol. The molecule has 0 unspecified atom stereocenters. The molecule has 0 atom stereocenters. The number of halogens is 1. The Morgan fingerprint density at radius 2 is 2.00 bits per heavy atom. The second kappa shape index (κ2) is 5.07. The summed E-state index contributed by atoms with van der Waals surface area (Å²) in [5.74, 6) is -0.445. The molecule has 0 heterocycles. The molecule has 72 valence electrons. The first-order chi connectivity index (χ1) is 6.77. The second-order valence-electron chi connectivity index (χ2n) is 2.70. The van der Waals surface area contributed by atoms with Crippen LogP contribution < -0.4 is 0 Å². The Labute approximate surface area is 81.1 Å². The van der Waals surface area contributed by atoms with E-state index < -0.39 is 5.82 Å². The first-order valence-electron chi connectivity index (χ1n) is 4.13. The number of carbonyl (C=O) groups excluding carboxylic acids is 2. The number of hydrogen-bond donors (Lipinski definition) is 0. The molecule has 0 radical (unpaired) electrons. The minimum absolute atomic E-state index is 0.284. The zero-order valence-corrected chi connectivity index (χ0v) is 7.44. The highest BCUT2D eigenvalue weighted by Crippen LogP contribution is 2.11. The summed E-state index contributed by atoms with van der Waals surface area (Å²) in [7, 11) is 0. The molecule has 0 saturated carbocycles. The minimum atomic E-state index is -0.445. The minimum Gasteiger partial charge on any atom is -0.303 e. The SMILES string of the molecule is O=CCC=Cc1ccc(F)cc1C=O. The summed E-state index contributed by atoms with van der Waals surface area (Å²) in [6, 6.07) is 3.93. The lowest BCUT2D eigenvalue weighted by Crippen LogP contribution is -1.87. The van der Waals surface area contributed by atoms with Crippen LogP contribution in [0, 0.1) is 5.82 Å². The van der Waals surface area contributed by atoms with Crippen LogP contribution in [0.5, 0.6) is 0 Å². The Bertz CT molecular complexity index is 370. The van der Waals surface area contributed by atoms with Crippen molar-refractivity contribution in [1.29, 1.82) is 0 Å². The van der Waals surface area contributed by atoms with E-state index in [0.717, 1.165) is 12.4 Å². The molecule has 3 heteroatoms. The maximum Gasteiger partial charge on any atom is 0.150 e. The van der Waals surface area contributed by atoms with E-state index in [2.05, 4.69) is 0 Å². The number of carbonyl (C=O) groups is 2. The summed E-state index contributed by atoms with van der Waals surface area (Å²) in [6.07, 6.45) is 4.87. The van der Waals surface area contributed by atoms with Gasteiger partial charge in [0.05, 0.1) is 0 Å². The van der Waals surface area contributed by atoms with Gasteiger partial charge in [0.2, 0.25) is 0 Å². The first kappa shape index (κ1) is 10.3. The van der Waals surface area contributed by atoms with Gasteiger partial charge in [0.15, 0.2) is 6.29 Å². The molecule has 0 N–H and O–H groups in total. The van der Waals surface area contributed by atoms with Crippen LogP contribution in [0.3, 0.4) is 0 Å². The number of hydrogen-bond acceptors (Lipinski definition) is 2. The molecule has 0 bridgehead atoms. The number of aldehydes is 2. The van der Waals surface area contributed by atoms with E-state index in [-0.39, 0.29) is 12.0 Å². The summed E-state index contributed by atoms with van der Waals surface area (Å²) in [5.41, 5.74) is 0.899. The van der Waals surface area contributed by atoms with Crippen LogP contribution in [0.1, 0.15) is 22.3 Å². The van der Waals surface area contributed by atoms with Crippen LogP contribution in [0.4, 0.5) is 4.39 Å². The van der Waals surface area contributed by atoms with E-state index in [4.69, 9.17) is 0 Å². The molecule has 0 amide bonds. The van der Waals surface area contributed by atoms with Gasteiger partial charge in [-0.2, -0.15) is 0 Å². The Hall–Kier alpha value is -1.77. The van der Waals surface area contributed by atoms with Gasteiger partial charge in [-0.3, -0.25) is 4.79 Å². The van der Waals surface area contributed by atoms with Gasteiger partial charge in [-0.05, 0) is 17.7 Å². The third-order valence-corrected chi connectivity index (χ3v) is 1.71. The molecule has 14 heavy (non-hydrogen) atoms. The van der Waals surface area contributed by atoms with Crippen LogP contribution in [-0.4, -0.2) is 12.6 Å². The van der Waals surface area contributed by atoms with E-state index in [1.807, 2.05) is 0 Å². The third kappa shape index (κ3) is 2.62. The van der Waals surface area contributed by atoms with E-state index in [9.17, 15) is 14.0 Å². The summed E-state index contributed by atoms with van der Waals surface area (Å²) in [5, 5.41) is 0. The van der Waals surface area contributed by atoms with E-state index in [1.165, 1.54) is 12.1 Å². The van der Waals surface area contributed by atoms with Crippen LogP contribution in [0.15, 0.2) is 24.3 Å². The van der Waals surface area contributed by atoms with Gasteiger partial charge in [-0.25, -0.2) is 4.39 Å². The van der Waals surface area contributed by atoms with Crippen molar-refractivity contribution in [2.45, 2.75) is 6.42 Å². The summed E-state index contributed by atoms with van der Waals surface area (Å²) in [6.45, 7) is 0. The number of rotatable bonds is 4. The maximum absolute atomic E-state index is 12.7. The van der Waals surface area contributed by atoms with E-state index in [0.29, 0.717) is 11.8 Å². The van der Waals surface area contributed by atoms with Gasteiger partial charge in [-0.1, -0.05) is 18.2 Å². The predicted octanol–water partition coefficient (Wildman–Crippen LogP) is 2.24. The van der Waals surface area contributed by atoms with Crippen molar-refractivity contribution in [2.24, 2.45) is 0 Å². The predicted molar refractivity (Wildman–Crippen MR) is 51.5 cm³/mol. The summed E-state index contributed by atoms with van der Waals surface area (Å²) in [4.78, 5) is 20.6. The fraction of sp³-hybridized carbons (Fsp3) is 0.0909. The van der Waals surface area contributed by atoms with Crippen molar-refractivity contribution in [3.05, 3.63) is 41.2 Å². The van der Waals surface area contributed by atoms with Gasteiger partial charge in [-0.15, -0.1) is 0 Å². The molecule has 2 nitrogen and oxygen atoms in total. The highest BCUT2D eigenvalue weighted by molar-refractivity contribution is 5.82. The van der Waals surface area contributed by atoms with Gasteiger partial charge in [0, 0.05) is 12.0 Å². The first-order valence-corrected chi connectivity index (χ1v) is 4.13. The van der Waals surface area contributed by atoms with Crippen molar-refractivity contribution >= 4 is 18.6 Å². The van der Waals surface area contributed by atoms with Gasteiger partial charge in [0.25, 0.3) is 0 Å². The topological polar surface area (TPSA) is 34.1 Å². The van der Waals surface area contributed by atoms with Crippen LogP contribution in [-0.2, 0) is 4.79 Å². The smallest absolute Gasteiger partial charge is 0.150 e. The largest absolute Gasteiger partial charge is 0.303 e. The Morgan fingerprint density at radius 3 is 2.64 bits per heavy atom. The Balaban J connectivity index is 2.95. The molecule has 0 fully saturated rings. The highest BCUT2D eigenvalue weighted by atomic mass is 19.1. The summed E-state index contributed by atoms with van der Waals surface area (Å²) >= 11 is 0. The van der Waals surface area contributed by atoms with Crippen molar-refractivity contribution in [3.8, 4) is 0 Å². The lowest BCUT2D eigenvalue weighted by Gasteiger charge is -1.97. The van der Waals surface area contributed by atoms with E-state index in [1.54, 1.807) is 12.2 Å². The van der Waals surface area contributed by atoms with Crippen molar-refractivity contribution in [3.63, 3.8) is 0 Å². The molecule has 0 aromatic heterocycles. The average Bonchev–Trinajstić information content (AvgIpc) is 2.20. The molecular formula is C11H9FO2. The number of allylic oxidation sites excluding steroid dienone is 1. The normalized spacial score (nSPS) is 10.4. The van der Waals surface area contributed by atoms with Crippen molar-refractivity contribution in [2.75, 3.05) is 0 Å². The third-order valence-electron chi connectivity index (χ3n) is 1.71. The lowest BCUT2D eigenvalue weighted by atomic mass is 10.1. The second-order valence-corrected chi connectivity index (χ2v) is 2.70. The van der Waals surface area contributed by atoms with Crippen LogP contribution in [0.25, 0.3) is 6.08 Å². The fourth-order valence-electron chi connectivity index (χ4n) is 1.05. The van der Waals surface area contributed by atoms with Gasteiger partial charge in [0.1, 0.15) is 12.1 Å². The zero-order valence-electron chi connectivity index (χ0n) is 7.44. The van der Waals surface area contributed by atoms with Crippen LogP contribution in [0.2, 0.25) is 0 Å². The highest BCUT2D eigenvalue weighted by Gasteiger charge is 1.99. The Morgan fingerprint density at radius 1 is 1.21 bits per heavy atom. The average molecular weight is 192 g/mol. The molecule has 0 saturated heterocycles. The van der Waals surface area contributed by atoms with Gasteiger partial charge < -0.3 is 4.79 Å². The lowest BCUT2D eigenvalue weighted by molar-refractivity contribution is -0.107. The molecule has 0 aliphatic rings. The molecule has 1 rings (SSSR count). The molecule has 0 aliphatic heterocycles. The van der Waals surface area contributed by atoms with Crippen molar-refractivity contribution in [1.82, 2.24) is 0 Å². The van der Waals surface area contributed by atoms with E-state index >= 15 is 0 Å². The summed E-state index contributed by atoms with van der Waals surface area (Å²) < 4.78 is 12.7. The van der Waals surface area contributed by atoms with Crippen LogP contribution >= 0.6 is 0 Å². The van der Waals surface area contributed by atoms with Gasteiger partial charge >= 0.3 is 0 Å². The maximum atomic E-state index is 12.7. The molecule has 0 spiro atoms. The fourth-order valence-corrected chi connectivity index (χ4v) is 1.05. The van der Waals surface area contributed by atoms with Crippen molar-refractivity contribution < 1.29 is 14.0 Å². The number of benzene rings is 1. The zero-order chi connectivity index (χ0) is 10.4.